The zero-order valence-corrected chi connectivity index (χ0v) is 18.0. The van der Waals surface area contributed by atoms with Crippen molar-refractivity contribution in [2.24, 2.45) is 0 Å². The van der Waals surface area contributed by atoms with Crippen molar-refractivity contribution in [1.82, 2.24) is 0 Å². The van der Waals surface area contributed by atoms with Crippen LogP contribution in [0.1, 0.15) is 10.4 Å². The number of hydrogen-bond donors (Lipinski definition) is 2. The highest BCUT2D eigenvalue weighted by atomic mass is 32.2. The van der Waals surface area contributed by atoms with Crippen molar-refractivity contribution in [3.05, 3.63) is 72.3 Å². The van der Waals surface area contributed by atoms with Crippen LogP contribution in [0.3, 0.4) is 0 Å². The lowest BCUT2D eigenvalue weighted by molar-refractivity contribution is 0.102. The van der Waals surface area contributed by atoms with Gasteiger partial charge in [0.05, 0.1) is 26.2 Å². The van der Waals surface area contributed by atoms with Gasteiger partial charge in [-0.25, -0.2) is 8.42 Å². The van der Waals surface area contributed by atoms with Crippen molar-refractivity contribution in [2.45, 2.75) is 4.90 Å². The summed E-state index contributed by atoms with van der Waals surface area (Å²) in [6, 6.07) is 17.1. The summed E-state index contributed by atoms with van der Waals surface area (Å²) in [4.78, 5) is 12.6. The van der Waals surface area contributed by atoms with Crippen LogP contribution in [0.5, 0.6) is 17.2 Å². The second kappa shape index (κ2) is 9.40. The molecular weight excluding hydrogens is 420 g/mol. The predicted octanol–water partition coefficient (Wildman–Crippen LogP) is 3.77. The van der Waals surface area contributed by atoms with Crippen molar-refractivity contribution < 1.29 is 27.4 Å². The zero-order valence-electron chi connectivity index (χ0n) is 17.2. The van der Waals surface area contributed by atoms with Crippen molar-refractivity contribution in [3.8, 4) is 17.2 Å². The number of anilines is 2. The Kier molecular flexibility index (Phi) is 6.66. The summed E-state index contributed by atoms with van der Waals surface area (Å²) >= 11 is 0. The van der Waals surface area contributed by atoms with Gasteiger partial charge >= 0.3 is 0 Å². The molecule has 0 bridgehead atoms. The average Bonchev–Trinajstić information content (AvgIpc) is 2.79. The first-order valence-corrected chi connectivity index (χ1v) is 10.6. The molecule has 0 aliphatic rings. The molecule has 0 fully saturated rings. The van der Waals surface area contributed by atoms with Crippen LogP contribution in [-0.4, -0.2) is 35.7 Å². The van der Waals surface area contributed by atoms with Crippen molar-refractivity contribution in [2.75, 3.05) is 31.4 Å². The molecule has 0 unspecified atom stereocenters. The summed E-state index contributed by atoms with van der Waals surface area (Å²) in [6.07, 6.45) is 0. The molecule has 0 spiro atoms. The van der Waals surface area contributed by atoms with E-state index >= 15 is 0 Å². The van der Waals surface area contributed by atoms with E-state index < -0.39 is 10.0 Å². The van der Waals surface area contributed by atoms with Gasteiger partial charge < -0.3 is 19.5 Å². The van der Waals surface area contributed by atoms with Crippen molar-refractivity contribution in [1.29, 1.82) is 0 Å². The number of methoxy groups -OCH3 is 3. The second-order valence-corrected chi connectivity index (χ2v) is 8.06. The molecule has 2 N–H and O–H groups in total. The summed E-state index contributed by atoms with van der Waals surface area (Å²) < 4.78 is 43.1. The number of amides is 1. The third-order valence-corrected chi connectivity index (χ3v) is 5.81. The molecule has 3 aromatic carbocycles. The fourth-order valence-corrected chi connectivity index (χ4v) is 3.83. The van der Waals surface area contributed by atoms with Gasteiger partial charge in [-0.15, -0.1) is 0 Å². The minimum absolute atomic E-state index is 0.0333. The van der Waals surface area contributed by atoms with Gasteiger partial charge in [-0.1, -0.05) is 0 Å². The zero-order chi connectivity index (χ0) is 22.4. The number of carbonyl (C=O) groups is 1. The van der Waals surface area contributed by atoms with Gasteiger partial charge in [-0.05, 0) is 60.7 Å². The first kappa shape index (κ1) is 22.0. The van der Waals surface area contributed by atoms with Crippen LogP contribution >= 0.6 is 0 Å². The Morgan fingerprint density at radius 2 is 1.35 bits per heavy atom. The van der Waals surface area contributed by atoms with E-state index in [1.54, 1.807) is 42.5 Å². The molecule has 3 aromatic rings. The maximum absolute atomic E-state index is 12.6. The van der Waals surface area contributed by atoms with E-state index in [2.05, 4.69) is 10.0 Å². The van der Waals surface area contributed by atoms with Crippen LogP contribution in [0.25, 0.3) is 0 Å². The number of benzene rings is 3. The Morgan fingerprint density at radius 1 is 0.742 bits per heavy atom. The molecule has 0 aromatic heterocycles. The molecule has 31 heavy (non-hydrogen) atoms. The normalized spacial score (nSPS) is 10.8. The average molecular weight is 442 g/mol. The third-order valence-electron chi connectivity index (χ3n) is 4.41. The molecule has 0 saturated carbocycles. The second-order valence-electron chi connectivity index (χ2n) is 6.38. The smallest absolute Gasteiger partial charge is 0.261 e. The molecule has 8 nitrogen and oxygen atoms in total. The number of nitrogens with one attached hydrogen (secondary N) is 2. The highest BCUT2D eigenvalue weighted by Gasteiger charge is 2.16. The Hall–Kier alpha value is -3.72. The van der Waals surface area contributed by atoms with E-state index in [-0.39, 0.29) is 10.8 Å². The SMILES string of the molecule is COc1ccc(NS(=O)(=O)c2ccc(C(=O)Nc3ccc(OC)c(OC)c3)cc2)cc1. The van der Waals surface area contributed by atoms with Crippen LogP contribution in [0.15, 0.2) is 71.6 Å². The number of hydrogen-bond acceptors (Lipinski definition) is 6. The molecule has 0 radical (unpaired) electrons. The van der Waals surface area contributed by atoms with Gasteiger partial charge in [0.25, 0.3) is 15.9 Å². The van der Waals surface area contributed by atoms with Crippen LogP contribution < -0.4 is 24.2 Å². The largest absolute Gasteiger partial charge is 0.497 e. The minimum atomic E-state index is -3.80. The highest BCUT2D eigenvalue weighted by Crippen LogP contribution is 2.30. The first-order chi connectivity index (χ1) is 14.9. The molecule has 0 heterocycles. The van der Waals surface area contributed by atoms with E-state index in [0.29, 0.717) is 34.2 Å². The van der Waals surface area contributed by atoms with Crippen molar-refractivity contribution >= 4 is 27.3 Å². The Morgan fingerprint density at radius 3 is 1.94 bits per heavy atom. The summed E-state index contributed by atoms with van der Waals surface area (Å²) in [6.45, 7) is 0. The van der Waals surface area contributed by atoms with E-state index in [1.807, 2.05) is 0 Å². The number of rotatable bonds is 8. The summed E-state index contributed by atoms with van der Waals surface area (Å²) in [5, 5.41) is 2.74. The lowest BCUT2D eigenvalue weighted by atomic mass is 10.2. The summed E-state index contributed by atoms with van der Waals surface area (Å²) in [5.74, 6) is 1.25. The molecular formula is C22H22N2O6S. The van der Waals surface area contributed by atoms with Crippen LogP contribution in [0, 0.1) is 0 Å². The molecule has 0 aliphatic carbocycles. The topological polar surface area (TPSA) is 103 Å². The number of ether oxygens (including phenoxy) is 3. The van der Waals surface area contributed by atoms with Gasteiger partial charge in [0.2, 0.25) is 0 Å². The quantitative estimate of drug-likeness (QED) is 0.551. The Balaban J connectivity index is 1.71. The molecule has 9 heteroatoms. The Bertz CT molecular complexity index is 1160. The van der Waals surface area contributed by atoms with Gasteiger partial charge in [0.15, 0.2) is 11.5 Å². The van der Waals surface area contributed by atoms with Gasteiger partial charge in [-0.3, -0.25) is 9.52 Å². The van der Waals surface area contributed by atoms with Crippen molar-refractivity contribution in [3.63, 3.8) is 0 Å². The van der Waals surface area contributed by atoms with Crippen LogP contribution in [-0.2, 0) is 10.0 Å². The van der Waals surface area contributed by atoms with Crippen LogP contribution in [0.2, 0.25) is 0 Å². The molecule has 1 amide bonds. The minimum Gasteiger partial charge on any atom is -0.497 e. The van der Waals surface area contributed by atoms with Gasteiger partial charge in [0, 0.05) is 23.0 Å². The predicted molar refractivity (Wildman–Crippen MR) is 118 cm³/mol. The highest BCUT2D eigenvalue weighted by molar-refractivity contribution is 7.92. The van der Waals surface area contributed by atoms with E-state index in [9.17, 15) is 13.2 Å². The Labute approximate surface area is 180 Å². The summed E-state index contributed by atoms with van der Waals surface area (Å²) in [5.41, 5.74) is 1.22. The molecule has 162 valence electrons. The lowest BCUT2D eigenvalue weighted by Gasteiger charge is -2.11. The molecule has 0 atom stereocenters. The molecule has 0 saturated heterocycles. The van der Waals surface area contributed by atoms with Crippen LogP contribution in [0.4, 0.5) is 11.4 Å². The standard InChI is InChI=1S/C22H22N2O6S/c1-28-18-9-6-16(7-10-18)24-31(26,27)19-11-4-15(5-12-19)22(25)23-17-8-13-20(29-2)21(14-17)30-3/h4-14,24H,1-3H3,(H,23,25). The van der Waals surface area contributed by atoms with E-state index in [0.717, 1.165) is 0 Å². The third kappa shape index (κ3) is 5.26. The lowest BCUT2D eigenvalue weighted by Crippen LogP contribution is -2.15. The molecule has 3 rings (SSSR count). The maximum Gasteiger partial charge on any atom is 0.261 e. The first-order valence-electron chi connectivity index (χ1n) is 9.16. The fourth-order valence-electron chi connectivity index (χ4n) is 2.78. The van der Waals surface area contributed by atoms with Gasteiger partial charge in [-0.2, -0.15) is 0 Å². The monoisotopic (exact) mass is 442 g/mol. The van der Waals surface area contributed by atoms with Gasteiger partial charge in [0.1, 0.15) is 5.75 Å². The maximum atomic E-state index is 12.6. The van der Waals surface area contributed by atoms with E-state index in [4.69, 9.17) is 14.2 Å². The number of carbonyl (C=O) groups excluding carboxylic acids is 1. The fraction of sp³-hybridized carbons (Fsp3) is 0.136. The van der Waals surface area contributed by atoms with E-state index in [1.165, 1.54) is 45.6 Å². The molecule has 0 aliphatic heterocycles. The number of sulfonamides is 1. The summed E-state index contributed by atoms with van der Waals surface area (Å²) in [7, 11) is 0.751.